The van der Waals surface area contributed by atoms with Crippen LogP contribution in [0.1, 0.15) is 28.0 Å². The first-order valence-electron chi connectivity index (χ1n) is 9.62. The second-order valence-electron chi connectivity index (χ2n) is 6.65. The lowest BCUT2D eigenvalue weighted by Crippen LogP contribution is -2.40. The van der Waals surface area contributed by atoms with Crippen molar-refractivity contribution in [1.29, 1.82) is 0 Å². The zero-order valence-electron chi connectivity index (χ0n) is 16.2. The molecule has 0 bridgehead atoms. The smallest absolute Gasteiger partial charge is 0.253 e. The summed E-state index contributed by atoms with van der Waals surface area (Å²) < 4.78 is 0. The van der Waals surface area contributed by atoms with Crippen molar-refractivity contribution in [3.8, 4) is 0 Å². The molecule has 0 spiro atoms. The van der Waals surface area contributed by atoms with Crippen molar-refractivity contribution in [3.63, 3.8) is 0 Å². The van der Waals surface area contributed by atoms with Crippen LogP contribution < -0.4 is 5.32 Å². The molecule has 0 saturated heterocycles. The van der Waals surface area contributed by atoms with E-state index in [0.29, 0.717) is 18.7 Å². The van der Waals surface area contributed by atoms with Gasteiger partial charge in [0.15, 0.2) is 0 Å². The average Bonchev–Trinajstić information content (AvgIpc) is 2.78. The minimum atomic E-state index is -0.312. The largest absolute Gasteiger partial charge is 0.343 e. The van der Waals surface area contributed by atoms with Gasteiger partial charge in [0.1, 0.15) is 0 Å². The molecule has 6 heteroatoms. The van der Waals surface area contributed by atoms with Crippen LogP contribution in [0, 0.1) is 0 Å². The number of carbonyl (C=O) groups is 2. The number of hydrogen-bond acceptors (Lipinski definition) is 4. The van der Waals surface area contributed by atoms with E-state index in [1.807, 2.05) is 36.4 Å². The number of hydrogen-bond donors (Lipinski definition) is 1. The van der Waals surface area contributed by atoms with Crippen molar-refractivity contribution < 1.29 is 9.59 Å². The van der Waals surface area contributed by atoms with Crippen LogP contribution in [0.15, 0.2) is 79.3 Å². The molecule has 2 amide bonds. The van der Waals surface area contributed by atoms with Crippen molar-refractivity contribution in [2.75, 3.05) is 13.1 Å². The van der Waals surface area contributed by atoms with Crippen LogP contribution in [-0.2, 0) is 17.8 Å². The van der Waals surface area contributed by atoms with E-state index in [-0.39, 0.29) is 18.4 Å². The summed E-state index contributed by atoms with van der Waals surface area (Å²) in [5.41, 5.74) is 2.49. The number of amides is 2. The van der Waals surface area contributed by atoms with E-state index < -0.39 is 0 Å². The topological polar surface area (TPSA) is 75.2 Å². The number of nitrogens with zero attached hydrogens (tertiary/aromatic N) is 3. The number of pyridine rings is 2. The molecule has 3 aromatic rings. The molecule has 6 nitrogen and oxygen atoms in total. The third-order valence-electron chi connectivity index (χ3n) is 4.49. The Morgan fingerprint density at radius 2 is 1.76 bits per heavy atom. The van der Waals surface area contributed by atoms with Crippen LogP contribution in [0.5, 0.6) is 0 Å². The number of rotatable bonds is 9. The van der Waals surface area contributed by atoms with Crippen LogP contribution in [0.25, 0.3) is 0 Å². The molecule has 0 aliphatic rings. The van der Waals surface area contributed by atoms with Gasteiger partial charge in [0.2, 0.25) is 5.91 Å². The zero-order valence-corrected chi connectivity index (χ0v) is 16.2. The fraction of sp³-hybridized carbons (Fsp3) is 0.217. The molecule has 0 unspecified atom stereocenters. The standard InChI is InChI=1S/C23H24N4O2/c28-22(17-26-23(29)20-11-6-13-24-16-20)27(18-21-12-4-5-14-25-21)15-7-10-19-8-2-1-3-9-19/h1-6,8-9,11-14,16H,7,10,15,17-18H2,(H,26,29). The lowest BCUT2D eigenvalue weighted by atomic mass is 10.1. The Labute approximate surface area is 170 Å². The molecule has 0 radical (unpaired) electrons. The molecule has 0 fully saturated rings. The molecular formula is C23H24N4O2. The minimum absolute atomic E-state index is 0.0636. The SMILES string of the molecule is O=C(NCC(=O)N(CCCc1ccccc1)Cc1ccccn1)c1cccnc1. The minimum Gasteiger partial charge on any atom is -0.343 e. The van der Waals surface area contributed by atoms with Gasteiger partial charge in [0.05, 0.1) is 24.3 Å². The first kappa shape index (κ1) is 20.2. The molecule has 1 aromatic carbocycles. The zero-order chi connectivity index (χ0) is 20.3. The fourth-order valence-electron chi connectivity index (χ4n) is 2.96. The molecule has 148 valence electrons. The summed E-state index contributed by atoms with van der Waals surface area (Å²) in [6, 6.07) is 19.2. The van der Waals surface area contributed by atoms with Gasteiger partial charge < -0.3 is 10.2 Å². The highest BCUT2D eigenvalue weighted by Crippen LogP contribution is 2.07. The maximum Gasteiger partial charge on any atom is 0.253 e. The van der Waals surface area contributed by atoms with E-state index in [4.69, 9.17) is 0 Å². The number of aromatic nitrogens is 2. The Kier molecular flexibility index (Phi) is 7.46. The number of benzene rings is 1. The Hall–Kier alpha value is -3.54. The van der Waals surface area contributed by atoms with Crippen molar-refractivity contribution in [2.24, 2.45) is 0 Å². The number of nitrogens with one attached hydrogen (secondary N) is 1. The van der Waals surface area contributed by atoms with Crippen LogP contribution in [0.3, 0.4) is 0 Å². The van der Waals surface area contributed by atoms with Crippen LogP contribution in [0.4, 0.5) is 0 Å². The van der Waals surface area contributed by atoms with Gasteiger partial charge in [-0.2, -0.15) is 0 Å². The van der Waals surface area contributed by atoms with Gasteiger partial charge in [-0.3, -0.25) is 19.6 Å². The fourth-order valence-corrected chi connectivity index (χ4v) is 2.96. The molecule has 0 aliphatic heterocycles. The quantitative estimate of drug-likeness (QED) is 0.612. The summed E-state index contributed by atoms with van der Waals surface area (Å²) in [5.74, 6) is -0.450. The maximum absolute atomic E-state index is 12.8. The lowest BCUT2D eigenvalue weighted by molar-refractivity contribution is -0.130. The van der Waals surface area contributed by atoms with Crippen molar-refractivity contribution >= 4 is 11.8 Å². The van der Waals surface area contributed by atoms with Gasteiger partial charge in [-0.05, 0) is 42.7 Å². The van der Waals surface area contributed by atoms with E-state index in [2.05, 4.69) is 27.4 Å². The Balaban J connectivity index is 1.58. The summed E-state index contributed by atoms with van der Waals surface area (Å²) in [7, 11) is 0. The lowest BCUT2D eigenvalue weighted by Gasteiger charge is -2.23. The number of aryl methyl sites for hydroxylation is 1. The average molecular weight is 388 g/mol. The van der Waals surface area contributed by atoms with Crippen molar-refractivity contribution in [1.82, 2.24) is 20.2 Å². The maximum atomic E-state index is 12.8. The molecule has 0 atom stereocenters. The van der Waals surface area contributed by atoms with E-state index in [1.165, 1.54) is 11.8 Å². The Morgan fingerprint density at radius 3 is 2.48 bits per heavy atom. The summed E-state index contributed by atoms with van der Waals surface area (Å²) in [6.45, 7) is 0.941. The van der Waals surface area contributed by atoms with E-state index in [1.54, 1.807) is 29.4 Å². The highest BCUT2D eigenvalue weighted by Gasteiger charge is 2.16. The normalized spacial score (nSPS) is 10.3. The highest BCUT2D eigenvalue weighted by molar-refractivity contribution is 5.96. The van der Waals surface area contributed by atoms with Crippen LogP contribution in [0.2, 0.25) is 0 Å². The Morgan fingerprint density at radius 1 is 0.931 bits per heavy atom. The molecule has 1 N–H and O–H groups in total. The van der Waals surface area contributed by atoms with E-state index in [0.717, 1.165) is 18.5 Å². The predicted octanol–water partition coefficient (Wildman–Crippen LogP) is 2.87. The first-order valence-corrected chi connectivity index (χ1v) is 9.62. The van der Waals surface area contributed by atoms with E-state index >= 15 is 0 Å². The first-order chi connectivity index (χ1) is 14.2. The summed E-state index contributed by atoms with van der Waals surface area (Å²) in [6.07, 6.45) is 6.51. The van der Waals surface area contributed by atoms with Gasteiger partial charge in [-0.25, -0.2) is 0 Å². The molecule has 3 rings (SSSR count). The molecule has 0 aliphatic carbocycles. The monoisotopic (exact) mass is 388 g/mol. The highest BCUT2D eigenvalue weighted by atomic mass is 16.2. The van der Waals surface area contributed by atoms with Gasteiger partial charge >= 0.3 is 0 Å². The molecule has 2 aromatic heterocycles. The van der Waals surface area contributed by atoms with Crippen LogP contribution in [-0.4, -0.2) is 39.8 Å². The predicted molar refractivity (Wildman–Crippen MR) is 111 cm³/mol. The Bertz CT molecular complexity index is 902. The van der Waals surface area contributed by atoms with Crippen molar-refractivity contribution in [3.05, 3.63) is 96.1 Å². The molecular weight excluding hydrogens is 364 g/mol. The summed E-state index contributed by atoms with van der Waals surface area (Å²) in [4.78, 5) is 35.0. The van der Waals surface area contributed by atoms with Gasteiger partial charge in [0, 0.05) is 25.1 Å². The van der Waals surface area contributed by atoms with Crippen LogP contribution >= 0.6 is 0 Å². The third kappa shape index (κ3) is 6.53. The second-order valence-corrected chi connectivity index (χ2v) is 6.65. The third-order valence-corrected chi connectivity index (χ3v) is 4.49. The molecule has 29 heavy (non-hydrogen) atoms. The van der Waals surface area contributed by atoms with Gasteiger partial charge in [-0.15, -0.1) is 0 Å². The summed E-state index contributed by atoms with van der Waals surface area (Å²) >= 11 is 0. The van der Waals surface area contributed by atoms with E-state index in [9.17, 15) is 9.59 Å². The summed E-state index contributed by atoms with van der Waals surface area (Å²) in [5, 5.41) is 2.68. The van der Waals surface area contributed by atoms with Gasteiger partial charge in [-0.1, -0.05) is 36.4 Å². The second kappa shape index (κ2) is 10.7. The van der Waals surface area contributed by atoms with Gasteiger partial charge in [0.25, 0.3) is 5.91 Å². The van der Waals surface area contributed by atoms with Crippen molar-refractivity contribution in [2.45, 2.75) is 19.4 Å². The number of carbonyl (C=O) groups excluding carboxylic acids is 2. The molecule has 0 saturated carbocycles. The molecule has 2 heterocycles.